The van der Waals surface area contributed by atoms with Crippen LogP contribution in [-0.2, 0) is 23.8 Å². The molecule has 0 bridgehead atoms. The van der Waals surface area contributed by atoms with E-state index in [-0.39, 0.29) is 18.4 Å². The van der Waals surface area contributed by atoms with Crippen molar-refractivity contribution in [3.8, 4) is 5.75 Å². The Hall–Kier alpha value is -1.69. The van der Waals surface area contributed by atoms with Gasteiger partial charge in [-0.25, -0.2) is 0 Å². The smallest absolute Gasteiger partial charge is 0.246 e. The topological polar surface area (TPSA) is 95.1 Å². The van der Waals surface area contributed by atoms with Crippen molar-refractivity contribution in [2.45, 2.75) is 0 Å². The zero-order chi connectivity index (χ0) is 19.7. The van der Waals surface area contributed by atoms with E-state index in [1.54, 1.807) is 6.08 Å². The number of ether oxygens (including phenoxy) is 3. The molecule has 8 nitrogen and oxygen atoms in total. The summed E-state index contributed by atoms with van der Waals surface area (Å²) >= 11 is 1.81. The maximum Gasteiger partial charge on any atom is 0.246 e. The molecule has 0 spiro atoms. The molecule has 1 rings (SSSR count). The van der Waals surface area contributed by atoms with Crippen LogP contribution in [0.5, 0.6) is 5.75 Å². The van der Waals surface area contributed by atoms with Crippen molar-refractivity contribution in [3.05, 3.63) is 35.9 Å². The fourth-order valence-electron chi connectivity index (χ4n) is 1.87. The molecule has 0 atom stereocenters. The maximum atomic E-state index is 11.7. The summed E-state index contributed by atoms with van der Waals surface area (Å²) in [7, 11) is 1.47. The van der Waals surface area contributed by atoms with Crippen LogP contribution in [-0.4, -0.2) is 65.0 Å². The maximum absolute atomic E-state index is 11.7. The first kappa shape index (κ1) is 23.3. The number of rotatable bonds is 14. The summed E-state index contributed by atoms with van der Waals surface area (Å²) in [5.74, 6) is 0.402. The summed E-state index contributed by atoms with van der Waals surface area (Å²) in [4.78, 5) is 22.8. The number of benzene rings is 1. The van der Waals surface area contributed by atoms with Gasteiger partial charge >= 0.3 is 0 Å². The lowest BCUT2D eigenvalue weighted by molar-refractivity contribution is -0.125. The predicted octanol–water partition coefficient (Wildman–Crippen LogP) is 1.34. The van der Waals surface area contributed by atoms with Gasteiger partial charge in [0, 0.05) is 26.3 Å². The van der Waals surface area contributed by atoms with Gasteiger partial charge in [0.15, 0.2) is 23.0 Å². The molecule has 2 amide bonds. The van der Waals surface area contributed by atoms with Gasteiger partial charge in [-0.15, -0.1) is 0 Å². The largest absolute Gasteiger partial charge is 0.428 e. The van der Waals surface area contributed by atoms with Gasteiger partial charge in [-0.05, 0) is 23.8 Å². The Kier molecular flexibility index (Phi) is 13.3. The molecule has 27 heavy (non-hydrogen) atoms. The van der Waals surface area contributed by atoms with E-state index >= 15 is 0 Å². The highest BCUT2D eigenvalue weighted by Gasteiger charge is 1.99. The van der Waals surface area contributed by atoms with E-state index in [0.29, 0.717) is 39.5 Å². The molecular formula is C18H25IN2O6. The van der Waals surface area contributed by atoms with Crippen molar-refractivity contribution >= 4 is 40.9 Å². The molecule has 1 aromatic carbocycles. The Bertz CT molecular complexity index is 580. The molecule has 0 heterocycles. The Morgan fingerprint density at radius 2 is 1.63 bits per heavy atom. The van der Waals surface area contributed by atoms with Gasteiger partial charge in [-0.3, -0.25) is 9.59 Å². The van der Waals surface area contributed by atoms with Gasteiger partial charge in [0.25, 0.3) is 0 Å². The van der Waals surface area contributed by atoms with Gasteiger partial charge < -0.3 is 27.9 Å². The normalized spacial score (nSPS) is 10.7. The molecule has 0 aliphatic carbocycles. The van der Waals surface area contributed by atoms with E-state index < -0.39 is 0 Å². The van der Waals surface area contributed by atoms with E-state index in [1.807, 2.05) is 47.3 Å². The summed E-state index contributed by atoms with van der Waals surface area (Å²) in [5, 5.41) is 5.38. The van der Waals surface area contributed by atoms with Crippen LogP contribution in [0.3, 0.4) is 0 Å². The molecule has 0 aliphatic rings. The van der Waals surface area contributed by atoms with Crippen LogP contribution in [0.15, 0.2) is 30.3 Å². The van der Waals surface area contributed by atoms with Crippen LogP contribution in [0.1, 0.15) is 5.56 Å². The van der Waals surface area contributed by atoms with Crippen LogP contribution < -0.4 is 13.7 Å². The monoisotopic (exact) mass is 492 g/mol. The van der Waals surface area contributed by atoms with E-state index in [9.17, 15) is 9.59 Å². The highest BCUT2D eigenvalue weighted by molar-refractivity contribution is 14.1. The van der Waals surface area contributed by atoms with Crippen LogP contribution in [0.2, 0.25) is 0 Å². The van der Waals surface area contributed by atoms with E-state index in [4.69, 9.17) is 12.5 Å². The molecule has 2 N–H and O–H groups in total. The van der Waals surface area contributed by atoms with Crippen LogP contribution in [0, 0.1) is 0 Å². The molecule has 0 aliphatic heterocycles. The number of carbonyl (C=O) groups excluding carboxylic acids is 2. The predicted molar refractivity (Wildman–Crippen MR) is 110 cm³/mol. The van der Waals surface area contributed by atoms with Gasteiger partial charge in [-0.1, -0.05) is 12.1 Å². The summed E-state index contributed by atoms with van der Waals surface area (Å²) in [6, 6.07) is 7.38. The summed E-state index contributed by atoms with van der Waals surface area (Å²) in [5.41, 5.74) is 0.911. The fourth-order valence-corrected chi connectivity index (χ4v) is 2.17. The van der Waals surface area contributed by atoms with Crippen LogP contribution >= 0.6 is 23.0 Å². The number of nitrogens with one attached hydrogen (secondary N) is 2. The number of amides is 2. The first-order valence-corrected chi connectivity index (χ1v) is 9.29. The molecule has 9 heteroatoms. The average Bonchev–Trinajstić information content (AvgIpc) is 2.68. The lowest BCUT2D eigenvalue weighted by atomic mass is 10.2. The lowest BCUT2D eigenvalue weighted by Crippen LogP contribution is -2.30. The molecule has 150 valence electrons. The quantitative estimate of drug-likeness (QED) is 0.231. The third-order valence-corrected chi connectivity index (χ3v) is 3.67. The van der Waals surface area contributed by atoms with Gasteiger partial charge in [0.05, 0.1) is 26.4 Å². The fraction of sp³-hybridized carbons (Fsp3) is 0.444. The van der Waals surface area contributed by atoms with Gasteiger partial charge in [-0.2, -0.15) is 0 Å². The zero-order valence-electron chi connectivity index (χ0n) is 15.2. The van der Waals surface area contributed by atoms with E-state index in [1.165, 1.54) is 13.2 Å². The summed E-state index contributed by atoms with van der Waals surface area (Å²) < 4.78 is 20.4. The van der Waals surface area contributed by atoms with Crippen molar-refractivity contribution < 1.29 is 26.9 Å². The first-order valence-electron chi connectivity index (χ1n) is 8.41. The van der Waals surface area contributed by atoms with Gasteiger partial charge in [0.2, 0.25) is 11.8 Å². The third kappa shape index (κ3) is 12.3. The Morgan fingerprint density at radius 1 is 1.00 bits per heavy atom. The first-order chi connectivity index (χ1) is 13.2. The second kappa shape index (κ2) is 15.4. The number of hydrogen-bond acceptors (Lipinski definition) is 6. The number of hydrogen-bond donors (Lipinski definition) is 2. The SMILES string of the molecule is COCC(=O)NCCOCCOCCNC(=O)/C=C/c1ccc(OI)cc1. The molecule has 0 saturated heterocycles. The Labute approximate surface area is 173 Å². The van der Waals surface area contributed by atoms with Crippen LogP contribution in [0.4, 0.5) is 0 Å². The second-order valence-corrected chi connectivity index (χ2v) is 5.72. The minimum absolute atomic E-state index is 0.0455. The standard InChI is InChI=1S/C18H25IN2O6/c1-24-14-18(23)21-9-11-26-13-12-25-10-8-20-17(22)7-4-15-2-5-16(27-19)6-3-15/h2-7H,8-14H2,1H3,(H,20,22)(H,21,23)/b7-4+. The highest BCUT2D eigenvalue weighted by Crippen LogP contribution is 2.14. The Morgan fingerprint density at radius 3 is 2.22 bits per heavy atom. The van der Waals surface area contributed by atoms with Crippen molar-refractivity contribution in [1.82, 2.24) is 10.6 Å². The lowest BCUT2D eigenvalue weighted by Gasteiger charge is -2.07. The summed E-state index contributed by atoms with van der Waals surface area (Å²) in [6.07, 6.45) is 3.20. The number of halogens is 1. The van der Waals surface area contributed by atoms with Crippen molar-refractivity contribution in [2.24, 2.45) is 0 Å². The van der Waals surface area contributed by atoms with Crippen LogP contribution in [0.25, 0.3) is 6.08 Å². The van der Waals surface area contributed by atoms with Crippen molar-refractivity contribution in [2.75, 3.05) is 53.2 Å². The molecule has 1 aromatic rings. The van der Waals surface area contributed by atoms with Gasteiger partial charge in [0.1, 0.15) is 12.4 Å². The minimum atomic E-state index is -0.184. The molecule has 0 aromatic heterocycles. The number of methoxy groups -OCH3 is 1. The zero-order valence-corrected chi connectivity index (χ0v) is 17.4. The molecule has 0 radical (unpaired) electrons. The van der Waals surface area contributed by atoms with E-state index in [0.717, 1.165) is 11.3 Å². The third-order valence-electron chi connectivity index (χ3n) is 3.16. The Balaban J connectivity index is 1.97. The second-order valence-electron chi connectivity index (χ2n) is 5.28. The molecule has 0 fully saturated rings. The summed E-state index contributed by atoms with van der Waals surface area (Å²) in [6.45, 7) is 2.54. The number of carbonyl (C=O) groups is 2. The average molecular weight is 492 g/mol. The van der Waals surface area contributed by atoms with Crippen molar-refractivity contribution in [3.63, 3.8) is 0 Å². The highest BCUT2D eigenvalue weighted by atomic mass is 127. The van der Waals surface area contributed by atoms with E-state index in [2.05, 4.69) is 15.4 Å². The molecule has 0 saturated carbocycles. The van der Waals surface area contributed by atoms with Crippen molar-refractivity contribution in [1.29, 1.82) is 0 Å². The molecular weight excluding hydrogens is 467 g/mol. The molecule has 0 unspecified atom stereocenters. The minimum Gasteiger partial charge on any atom is -0.428 e.